The predicted octanol–water partition coefficient (Wildman–Crippen LogP) is 4.17. The quantitative estimate of drug-likeness (QED) is 0.680. The van der Waals surface area contributed by atoms with Crippen molar-refractivity contribution in [1.29, 1.82) is 0 Å². The second kappa shape index (κ2) is 10.0. The third-order valence-corrected chi connectivity index (χ3v) is 6.69. The number of para-hydroxylation sites is 1. The van der Waals surface area contributed by atoms with Crippen molar-refractivity contribution in [3.8, 4) is 0 Å². The number of rotatable bonds is 9. The van der Waals surface area contributed by atoms with Crippen LogP contribution in [0.15, 0.2) is 47.8 Å². The van der Waals surface area contributed by atoms with Crippen LogP contribution in [0.25, 0.3) is 0 Å². The first kappa shape index (κ1) is 20.1. The third kappa shape index (κ3) is 6.16. The molecule has 0 aliphatic carbocycles. The van der Waals surface area contributed by atoms with Gasteiger partial charge < -0.3 is 15.3 Å². The molecule has 4 nitrogen and oxygen atoms in total. The summed E-state index contributed by atoms with van der Waals surface area (Å²) < 4.78 is 0. The van der Waals surface area contributed by atoms with Crippen LogP contribution in [0.1, 0.15) is 37.0 Å². The van der Waals surface area contributed by atoms with Crippen molar-refractivity contribution in [1.82, 2.24) is 4.90 Å². The van der Waals surface area contributed by atoms with Crippen molar-refractivity contribution in [3.63, 3.8) is 0 Å². The maximum Gasteiger partial charge on any atom is 0.224 e. The summed E-state index contributed by atoms with van der Waals surface area (Å²) in [7, 11) is 0. The molecule has 0 radical (unpaired) electrons. The molecule has 1 amide bonds. The molecule has 2 aromatic rings. The van der Waals surface area contributed by atoms with E-state index >= 15 is 0 Å². The van der Waals surface area contributed by atoms with Gasteiger partial charge in [-0.05, 0) is 74.2 Å². The Kier molecular flexibility index (Phi) is 7.44. The van der Waals surface area contributed by atoms with E-state index in [9.17, 15) is 9.90 Å². The van der Waals surface area contributed by atoms with Crippen molar-refractivity contribution >= 4 is 22.9 Å². The normalized spacial score (nSPS) is 16.9. The highest BCUT2D eigenvalue weighted by molar-refractivity contribution is 7.09. The molecule has 1 aliphatic rings. The van der Waals surface area contributed by atoms with Crippen LogP contribution in [0.4, 0.5) is 5.69 Å². The Bertz CT molecular complexity index is 680. The average Bonchev–Trinajstić information content (AvgIpc) is 3.21. The lowest BCUT2D eigenvalue weighted by Crippen LogP contribution is -2.41. The molecule has 0 saturated carbocycles. The van der Waals surface area contributed by atoms with Gasteiger partial charge in [-0.25, -0.2) is 0 Å². The number of carbonyl (C=O) groups excluding carboxylic acids is 1. The molecule has 0 bridgehead atoms. The lowest BCUT2D eigenvalue weighted by atomic mass is 9.72. The molecule has 1 aromatic heterocycles. The Morgan fingerprint density at radius 3 is 2.56 bits per heavy atom. The van der Waals surface area contributed by atoms with Crippen LogP contribution in [-0.4, -0.2) is 42.2 Å². The van der Waals surface area contributed by atoms with Gasteiger partial charge in [-0.1, -0.05) is 24.3 Å². The number of nitrogens with zero attached hydrogens (tertiary/aromatic N) is 1. The van der Waals surface area contributed by atoms with E-state index in [-0.39, 0.29) is 17.9 Å². The molecule has 2 heterocycles. The van der Waals surface area contributed by atoms with Crippen molar-refractivity contribution in [3.05, 3.63) is 52.7 Å². The van der Waals surface area contributed by atoms with Crippen molar-refractivity contribution in [2.75, 3.05) is 31.6 Å². The molecular formula is C22H30N2O2S. The summed E-state index contributed by atoms with van der Waals surface area (Å²) in [6, 6.07) is 13.9. The number of aliphatic hydroxyl groups excluding tert-OH is 1. The van der Waals surface area contributed by atoms with Gasteiger partial charge in [-0.3, -0.25) is 4.79 Å². The first-order chi connectivity index (χ1) is 13.2. The van der Waals surface area contributed by atoms with Gasteiger partial charge >= 0.3 is 0 Å². The first-order valence-corrected chi connectivity index (χ1v) is 10.8. The minimum absolute atomic E-state index is 0.0682. The average molecular weight is 387 g/mol. The Labute approximate surface area is 166 Å². The largest absolute Gasteiger partial charge is 0.396 e. The zero-order valence-corrected chi connectivity index (χ0v) is 16.7. The summed E-state index contributed by atoms with van der Waals surface area (Å²) >= 11 is 1.83. The number of benzene rings is 1. The molecule has 1 aromatic carbocycles. The number of piperidine rings is 1. The number of thiophene rings is 1. The van der Waals surface area contributed by atoms with E-state index in [2.05, 4.69) is 27.7 Å². The number of amides is 1. The number of nitrogens with one attached hydrogen (secondary N) is 1. The van der Waals surface area contributed by atoms with E-state index in [1.807, 2.05) is 41.7 Å². The van der Waals surface area contributed by atoms with Gasteiger partial charge in [0, 0.05) is 30.1 Å². The molecule has 1 aliphatic heterocycles. The lowest BCUT2D eigenvalue weighted by molar-refractivity contribution is -0.117. The number of hydrogen-bond acceptors (Lipinski definition) is 4. The van der Waals surface area contributed by atoms with E-state index in [0.29, 0.717) is 6.42 Å². The van der Waals surface area contributed by atoms with Gasteiger partial charge in [0.1, 0.15) is 0 Å². The van der Waals surface area contributed by atoms with Crippen LogP contribution >= 0.6 is 11.3 Å². The van der Waals surface area contributed by atoms with Gasteiger partial charge in [0.2, 0.25) is 5.91 Å². The molecule has 1 saturated heterocycles. The molecular weight excluding hydrogens is 356 g/mol. The molecule has 0 atom stereocenters. The Morgan fingerprint density at radius 1 is 1.11 bits per heavy atom. The highest BCUT2D eigenvalue weighted by atomic mass is 32.1. The summed E-state index contributed by atoms with van der Waals surface area (Å²) in [6.07, 6.45) is 5.41. The highest BCUT2D eigenvalue weighted by Gasteiger charge is 2.34. The third-order valence-electron chi connectivity index (χ3n) is 5.75. The number of carbonyl (C=O) groups is 1. The lowest BCUT2D eigenvalue weighted by Gasteiger charge is -2.42. The van der Waals surface area contributed by atoms with Crippen molar-refractivity contribution in [2.45, 2.75) is 38.5 Å². The van der Waals surface area contributed by atoms with Gasteiger partial charge in [0.25, 0.3) is 0 Å². The maximum atomic E-state index is 12.3. The van der Waals surface area contributed by atoms with Crippen LogP contribution in [0.2, 0.25) is 0 Å². The fourth-order valence-electron chi connectivity index (χ4n) is 3.96. The summed E-state index contributed by atoms with van der Waals surface area (Å²) in [6.45, 7) is 3.43. The molecule has 0 spiro atoms. The monoisotopic (exact) mass is 386 g/mol. The summed E-state index contributed by atoms with van der Waals surface area (Å²) in [5.74, 6) is 0.0682. The molecule has 3 rings (SSSR count). The summed E-state index contributed by atoms with van der Waals surface area (Å²) in [5, 5.41) is 14.7. The smallest absolute Gasteiger partial charge is 0.224 e. The number of hydrogen-bond donors (Lipinski definition) is 2. The minimum Gasteiger partial charge on any atom is -0.396 e. The molecule has 27 heavy (non-hydrogen) atoms. The standard InChI is InChI=1S/C22H30N2O2S/c25-17-13-22(10-8-21(26)23-19-5-2-1-3-6-19)11-15-24(16-12-22)14-9-20-7-4-18-27-20/h1-7,18,25H,8-17H2,(H,23,26). The SMILES string of the molecule is O=C(CCC1(CCO)CCN(CCc2cccs2)CC1)Nc1ccccc1. The number of aliphatic hydroxyl groups is 1. The number of anilines is 1. The van der Waals surface area contributed by atoms with E-state index < -0.39 is 0 Å². The molecule has 0 unspecified atom stereocenters. The Hall–Kier alpha value is -1.69. The number of likely N-dealkylation sites (tertiary alicyclic amines) is 1. The van der Waals surface area contributed by atoms with Crippen molar-refractivity contribution in [2.24, 2.45) is 5.41 Å². The summed E-state index contributed by atoms with van der Waals surface area (Å²) in [5.41, 5.74) is 0.949. The first-order valence-electron chi connectivity index (χ1n) is 9.90. The van der Waals surface area contributed by atoms with Crippen LogP contribution in [0.3, 0.4) is 0 Å². The second-order valence-corrected chi connectivity index (χ2v) is 8.59. The van der Waals surface area contributed by atoms with Gasteiger partial charge in [0.05, 0.1) is 0 Å². The van der Waals surface area contributed by atoms with Gasteiger partial charge in [0.15, 0.2) is 0 Å². The van der Waals surface area contributed by atoms with Crippen molar-refractivity contribution < 1.29 is 9.90 Å². The van der Waals surface area contributed by atoms with Gasteiger partial charge in [-0.15, -0.1) is 11.3 Å². The Balaban J connectivity index is 1.45. The van der Waals surface area contributed by atoms with E-state index in [0.717, 1.165) is 57.4 Å². The topological polar surface area (TPSA) is 52.6 Å². The predicted molar refractivity (Wildman–Crippen MR) is 112 cm³/mol. The van der Waals surface area contributed by atoms with Gasteiger partial charge in [-0.2, -0.15) is 0 Å². The van der Waals surface area contributed by atoms with Crippen LogP contribution in [-0.2, 0) is 11.2 Å². The highest BCUT2D eigenvalue weighted by Crippen LogP contribution is 2.39. The molecule has 5 heteroatoms. The van der Waals surface area contributed by atoms with Crippen LogP contribution < -0.4 is 5.32 Å². The molecule has 2 N–H and O–H groups in total. The molecule has 1 fully saturated rings. The second-order valence-electron chi connectivity index (χ2n) is 7.56. The molecule has 146 valence electrons. The van der Waals surface area contributed by atoms with E-state index in [1.54, 1.807) is 0 Å². The maximum absolute atomic E-state index is 12.3. The van der Waals surface area contributed by atoms with Crippen LogP contribution in [0, 0.1) is 5.41 Å². The minimum atomic E-state index is 0.0682. The van der Waals surface area contributed by atoms with E-state index in [4.69, 9.17) is 0 Å². The zero-order valence-electron chi connectivity index (χ0n) is 15.9. The fraction of sp³-hybridized carbons (Fsp3) is 0.500. The summed E-state index contributed by atoms with van der Waals surface area (Å²) in [4.78, 5) is 16.3. The van der Waals surface area contributed by atoms with Crippen LogP contribution in [0.5, 0.6) is 0 Å². The fourth-order valence-corrected chi connectivity index (χ4v) is 4.66. The van der Waals surface area contributed by atoms with E-state index in [1.165, 1.54) is 4.88 Å². The zero-order chi connectivity index (χ0) is 19.0. The Morgan fingerprint density at radius 2 is 1.89 bits per heavy atom.